The van der Waals surface area contributed by atoms with Crippen LogP contribution >= 0.6 is 0 Å². The smallest absolute Gasteiger partial charge is 0.312 e. The normalized spacial score (nSPS) is 10.5. The molecule has 0 atom stereocenters. The van der Waals surface area contributed by atoms with E-state index in [9.17, 15) is 10.1 Å². The maximum absolute atomic E-state index is 11.2. The van der Waals surface area contributed by atoms with E-state index < -0.39 is 4.92 Å². The number of pyridine rings is 1. The zero-order valence-corrected chi connectivity index (χ0v) is 11.5. The molecule has 1 N–H and O–H groups in total. The van der Waals surface area contributed by atoms with Gasteiger partial charge in [0.25, 0.3) is 0 Å². The van der Waals surface area contributed by atoms with Gasteiger partial charge in [-0.05, 0) is 19.4 Å². The Hall–Kier alpha value is -2.44. The van der Waals surface area contributed by atoms with Crippen LogP contribution < -0.4 is 5.32 Å². The molecule has 7 heteroatoms. The van der Waals surface area contributed by atoms with Crippen LogP contribution in [0.15, 0.2) is 24.5 Å². The second-order valence-corrected chi connectivity index (χ2v) is 4.29. The van der Waals surface area contributed by atoms with Gasteiger partial charge in [0.1, 0.15) is 11.6 Å². The van der Waals surface area contributed by atoms with Crippen molar-refractivity contribution < 1.29 is 4.92 Å². The maximum atomic E-state index is 11.2. The van der Waals surface area contributed by atoms with Crippen LogP contribution in [0.4, 0.5) is 11.5 Å². The predicted octanol–water partition coefficient (Wildman–Crippen LogP) is 2.56. The summed E-state index contributed by atoms with van der Waals surface area (Å²) in [5.74, 6) is 1.69. The highest BCUT2D eigenvalue weighted by Crippen LogP contribution is 2.24. The number of nitrogens with one attached hydrogen (secondary N) is 1. The molecule has 0 bridgehead atoms. The van der Waals surface area contributed by atoms with Gasteiger partial charge in [-0.3, -0.25) is 14.7 Å². The Morgan fingerprint density at radius 2 is 2.20 bits per heavy atom. The molecule has 0 aliphatic heterocycles. The molecule has 106 valence electrons. The topological polar surface area (TPSA) is 85.9 Å². The minimum Gasteiger partial charge on any atom is -0.370 e. The molecule has 0 aromatic carbocycles. The molecule has 20 heavy (non-hydrogen) atoms. The molecule has 0 amide bonds. The fourth-order valence-electron chi connectivity index (χ4n) is 1.98. The van der Waals surface area contributed by atoms with E-state index in [2.05, 4.69) is 15.3 Å². The molecule has 0 fully saturated rings. The number of aromatic nitrogens is 3. The number of rotatable bonds is 6. The van der Waals surface area contributed by atoms with Crippen LogP contribution in [0.3, 0.4) is 0 Å². The first-order valence-corrected chi connectivity index (χ1v) is 6.59. The molecule has 0 aliphatic carbocycles. The summed E-state index contributed by atoms with van der Waals surface area (Å²) in [6.07, 6.45) is 5.00. The van der Waals surface area contributed by atoms with Crippen molar-refractivity contribution in [3.05, 3.63) is 40.5 Å². The minimum absolute atomic E-state index is 0.0259. The van der Waals surface area contributed by atoms with Gasteiger partial charge in [0.2, 0.25) is 5.82 Å². The van der Waals surface area contributed by atoms with Crippen molar-refractivity contribution in [3.8, 4) is 5.82 Å². The summed E-state index contributed by atoms with van der Waals surface area (Å²) >= 11 is 0. The predicted molar refractivity (Wildman–Crippen MR) is 76.2 cm³/mol. The third-order valence-corrected chi connectivity index (χ3v) is 2.83. The van der Waals surface area contributed by atoms with Gasteiger partial charge in [-0.2, -0.15) is 0 Å². The lowest BCUT2D eigenvalue weighted by atomic mass is 10.3. The Morgan fingerprint density at radius 1 is 1.40 bits per heavy atom. The minimum atomic E-state index is -0.423. The maximum Gasteiger partial charge on any atom is 0.312 e. The van der Waals surface area contributed by atoms with Crippen LogP contribution in [-0.2, 0) is 6.42 Å². The number of nitro groups is 1. The van der Waals surface area contributed by atoms with Crippen LogP contribution in [0.1, 0.15) is 26.1 Å². The van der Waals surface area contributed by atoms with E-state index >= 15 is 0 Å². The first kappa shape index (κ1) is 14.0. The SMILES string of the molecule is CCCc1nccn1-c1nc(NCC)ccc1[N+](=O)[O-]. The number of aryl methyl sites for hydroxylation is 1. The second kappa shape index (κ2) is 6.14. The molecule has 7 nitrogen and oxygen atoms in total. The zero-order chi connectivity index (χ0) is 14.5. The van der Waals surface area contributed by atoms with E-state index in [1.165, 1.54) is 6.07 Å². The lowest BCUT2D eigenvalue weighted by Crippen LogP contribution is -2.08. The third kappa shape index (κ3) is 2.76. The summed E-state index contributed by atoms with van der Waals surface area (Å²) in [5.41, 5.74) is -0.0259. The number of imidazole rings is 1. The van der Waals surface area contributed by atoms with Crippen LogP contribution in [0, 0.1) is 10.1 Å². The molecular weight excluding hydrogens is 258 g/mol. The number of hydrogen-bond acceptors (Lipinski definition) is 5. The van der Waals surface area contributed by atoms with Crippen molar-refractivity contribution in [2.45, 2.75) is 26.7 Å². The summed E-state index contributed by atoms with van der Waals surface area (Å²) in [5, 5.41) is 14.2. The van der Waals surface area contributed by atoms with E-state index in [-0.39, 0.29) is 5.69 Å². The lowest BCUT2D eigenvalue weighted by molar-refractivity contribution is -0.384. The van der Waals surface area contributed by atoms with E-state index in [0.29, 0.717) is 18.2 Å². The van der Waals surface area contributed by atoms with E-state index in [1.807, 2.05) is 13.8 Å². The fourth-order valence-corrected chi connectivity index (χ4v) is 1.98. The van der Waals surface area contributed by atoms with Gasteiger partial charge < -0.3 is 5.32 Å². The Balaban J connectivity index is 2.53. The molecule has 2 aromatic rings. The summed E-state index contributed by atoms with van der Waals surface area (Å²) < 4.78 is 1.68. The van der Waals surface area contributed by atoms with Crippen molar-refractivity contribution in [1.29, 1.82) is 0 Å². The van der Waals surface area contributed by atoms with Crippen molar-refractivity contribution in [2.24, 2.45) is 0 Å². The lowest BCUT2D eigenvalue weighted by Gasteiger charge is -2.09. The van der Waals surface area contributed by atoms with Gasteiger partial charge in [-0.15, -0.1) is 0 Å². The molecule has 0 saturated carbocycles. The molecule has 0 aliphatic rings. The highest BCUT2D eigenvalue weighted by molar-refractivity contribution is 5.53. The molecule has 0 unspecified atom stereocenters. The second-order valence-electron chi connectivity index (χ2n) is 4.29. The van der Waals surface area contributed by atoms with Crippen molar-refractivity contribution in [2.75, 3.05) is 11.9 Å². The van der Waals surface area contributed by atoms with Gasteiger partial charge >= 0.3 is 5.69 Å². The summed E-state index contributed by atoms with van der Waals surface area (Å²) in [4.78, 5) is 19.3. The molecule has 2 rings (SSSR count). The number of anilines is 1. The quantitative estimate of drug-likeness (QED) is 0.646. The van der Waals surface area contributed by atoms with Gasteiger partial charge in [-0.1, -0.05) is 6.92 Å². The zero-order valence-electron chi connectivity index (χ0n) is 11.5. The van der Waals surface area contributed by atoms with Crippen molar-refractivity contribution in [1.82, 2.24) is 14.5 Å². The van der Waals surface area contributed by atoms with Crippen LogP contribution in [-0.4, -0.2) is 26.0 Å². The van der Waals surface area contributed by atoms with E-state index in [0.717, 1.165) is 18.7 Å². The van der Waals surface area contributed by atoms with Crippen molar-refractivity contribution >= 4 is 11.5 Å². The summed E-state index contributed by atoms with van der Waals surface area (Å²) in [6.45, 7) is 4.69. The largest absolute Gasteiger partial charge is 0.370 e. The Morgan fingerprint density at radius 3 is 2.85 bits per heavy atom. The Bertz CT molecular complexity index is 609. The van der Waals surface area contributed by atoms with Gasteiger partial charge in [0, 0.05) is 31.4 Å². The first-order valence-electron chi connectivity index (χ1n) is 6.59. The molecule has 0 spiro atoms. The van der Waals surface area contributed by atoms with E-state index in [4.69, 9.17) is 0 Å². The van der Waals surface area contributed by atoms with Crippen molar-refractivity contribution in [3.63, 3.8) is 0 Å². The molecule has 0 radical (unpaired) electrons. The third-order valence-electron chi connectivity index (χ3n) is 2.83. The standard InChI is InChI=1S/C13H17N5O2/c1-3-5-12-15-8-9-17(12)13-10(18(19)20)6-7-11(16-13)14-4-2/h6-9H,3-5H2,1-2H3,(H,14,16). The number of nitrogens with zero attached hydrogens (tertiary/aromatic N) is 4. The Kier molecular flexibility index (Phi) is 4.29. The molecule has 0 saturated heterocycles. The van der Waals surface area contributed by atoms with Crippen LogP contribution in [0.25, 0.3) is 5.82 Å². The average molecular weight is 275 g/mol. The molecular formula is C13H17N5O2. The fraction of sp³-hybridized carbons (Fsp3) is 0.385. The number of hydrogen-bond donors (Lipinski definition) is 1. The van der Waals surface area contributed by atoms with Crippen LogP contribution in [0.5, 0.6) is 0 Å². The highest BCUT2D eigenvalue weighted by atomic mass is 16.6. The average Bonchev–Trinajstić information content (AvgIpc) is 2.87. The van der Waals surface area contributed by atoms with Gasteiger partial charge in [-0.25, -0.2) is 9.97 Å². The van der Waals surface area contributed by atoms with E-state index in [1.54, 1.807) is 23.0 Å². The monoisotopic (exact) mass is 275 g/mol. The first-order chi connectivity index (χ1) is 9.67. The molecule has 2 heterocycles. The van der Waals surface area contributed by atoms with Gasteiger partial charge in [0.15, 0.2) is 0 Å². The van der Waals surface area contributed by atoms with Gasteiger partial charge in [0.05, 0.1) is 4.92 Å². The summed E-state index contributed by atoms with van der Waals surface area (Å²) in [6, 6.07) is 3.08. The molecule has 2 aromatic heterocycles. The summed E-state index contributed by atoms with van der Waals surface area (Å²) in [7, 11) is 0. The Labute approximate surface area is 116 Å². The highest BCUT2D eigenvalue weighted by Gasteiger charge is 2.19. The van der Waals surface area contributed by atoms with Crippen LogP contribution in [0.2, 0.25) is 0 Å².